The van der Waals surface area contributed by atoms with Crippen molar-refractivity contribution in [2.45, 2.75) is 39.5 Å². The minimum atomic E-state index is -0.726. The smallest absolute Gasteiger partial charge is 0.389 e. The Balaban J connectivity index is 2.57. The second kappa shape index (κ2) is 5.74. The first-order chi connectivity index (χ1) is 7.90. The van der Waals surface area contributed by atoms with Gasteiger partial charge in [0, 0.05) is 0 Å². The fourth-order valence-corrected chi connectivity index (χ4v) is 1.36. The van der Waals surface area contributed by atoms with Crippen LogP contribution in [0.1, 0.15) is 19.4 Å². The first kappa shape index (κ1) is 13.6. The Hall–Kier alpha value is -1.47. The molecule has 17 heavy (non-hydrogen) atoms. The third kappa shape index (κ3) is 4.12. The normalized spacial score (nSPS) is 13.0. The minimum Gasteiger partial charge on any atom is -0.389 e. The van der Waals surface area contributed by atoms with E-state index < -0.39 is 11.0 Å². The van der Waals surface area contributed by atoms with E-state index in [-0.39, 0.29) is 25.1 Å². The standard InChI is InChI=1S/C10H17N3O4/c1-7(2)17-6-9(14)5-12-4-8(3)10(11-12)13(15)16/h4,7,9,14H,5-6H2,1-3H3. The molecule has 1 N–H and O–H groups in total. The Kier molecular flexibility index (Phi) is 4.59. The van der Waals surface area contributed by atoms with Crippen LogP contribution in [0.25, 0.3) is 0 Å². The maximum atomic E-state index is 10.6. The van der Waals surface area contributed by atoms with Gasteiger partial charge in [0.2, 0.25) is 0 Å². The molecule has 1 atom stereocenters. The molecule has 0 fully saturated rings. The average Bonchev–Trinajstić information content (AvgIpc) is 2.56. The van der Waals surface area contributed by atoms with Gasteiger partial charge < -0.3 is 20.0 Å². The van der Waals surface area contributed by atoms with Gasteiger partial charge in [0.05, 0.1) is 42.2 Å². The fraction of sp³-hybridized carbons (Fsp3) is 0.700. The van der Waals surface area contributed by atoms with E-state index in [1.54, 1.807) is 6.92 Å². The van der Waals surface area contributed by atoms with Crippen molar-refractivity contribution < 1.29 is 14.8 Å². The second-order valence-electron chi connectivity index (χ2n) is 4.15. The van der Waals surface area contributed by atoms with Gasteiger partial charge in [0.15, 0.2) is 0 Å². The highest BCUT2D eigenvalue weighted by Crippen LogP contribution is 2.14. The topological polar surface area (TPSA) is 90.4 Å². The summed E-state index contributed by atoms with van der Waals surface area (Å²) in [6.45, 7) is 5.72. The van der Waals surface area contributed by atoms with Gasteiger partial charge in [0.1, 0.15) is 0 Å². The summed E-state index contributed by atoms with van der Waals surface area (Å²) in [7, 11) is 0. The molecule has 0 amide bonds. The average molecular weight is 243 g/mol. The van der Waals surface area contributed by atoms with Crippen LogP contribution in [0.2, 0.25) is 0 Å². The lowest BCUT2D eigenvalue weighted by Gasteiger charge is -2.11. The summed E-state index contributed by atoms with van der Waals surface area (Å²) in [4.78, 5) is 10.0. The predicted molar refractivity (Wildman–Crippen MR) is 60.7 cm³/mol. The molecule has 0 bridgehead atoms. The van der Waals surface area contributed by atoms with Gasteiger partial charge in [-0.2, -0.15) is 4.68 Å². The zero-order chi connectivity index (χ0) is 13.0. The Bertz CT molecular complexity index is 389. The van der Waals surface area contributed by atoms with Crippen LogP contribution in [0.4, 0.5) is 5.82 Å². The SMILES string of the molecule is Cc1cn(CC(O)COC(C)C)nc1[N+](=O)[O-]. The molecular weight excluding hydrogens is 226 g/mol. The largest absolute Gasteiger partial charge is 0.392 e. The van der Waals surface area contributed by atoms with E-state index in [0.29, 0.717) is 5.56 Å². The molecule has 0 saturated carbocycles. The Morgan fingerprint density at radius 1 is 1.65 bits per heavy atom. The Labute approximate surface area is 99.2 Å². The summed E-state index contributed by atoms with van der Waals surface area (Å²) in [5, 5.41) is 24.0. The molecule has 0 aliphatic rings. The van der Waals surface area contributed by atoms with Crippen LogP contribution in [0.5, 0.6) is 0 Å². The number of aryl methyl sites for hydroxylation is 1. The third-order valence-electron chi connectivity index (χ3n) is 2.11. The molecule has 1 rings (SSSR count). The third-order valence-corrected chi connectivity index (χ3v) is 2.11. The molecule has 1 unspecified atom stereocenters. The van der Waals surface area contributed by atoms with E-state index in [0.717, 1.165) is 0 Å². The molecule has 0 aliphatic carbocycles. The maximum Gasteiger partial charge on any atom is 0.392 e. The van der Waals surface area contributed by atoms with E-state index in [1.807, 2.05) is 13.8 Å². The van der Waals surface area contributed by atoms with Crippen molar-refractivity contribution in [2.75, 3.05) is 6.61 Å². The number of aromatic nitrogens is 2. The molecule has 0 radical (unpaired) electrons. The lowest BCUT2D eigenvalue weighted by molar-refractivity contribution is -0.390. The number of aliphatic hydroxyl groups excluding tert-OH is 1. The van der Waals surface area contributed by atoms with Crippen molar-refractivity contribution in [3.8, 4) is 0 Å². The van der Waals surface area contributed by atoms with Crippen LogP contribution in [0.15, 0.2) is 6.20 Å². The van der Waals surface area contributed by atoms with Crippen LogP contribution in [-0.4, -0.2) is 38.6 Å². The van der Waals surface area contributed by atoms with Crippen LogP contribution in [-0.2, 0) is 11.3 Å². The first-order valence-electron chi connectivity index (χ1n) is 5.38. The summed E-state index contributed by atoms with van der Waals surface area (Å²) >= 11 is 0. The molecule has 1 heterocycles. The molecule has 0 aromatic carbocycles. The van der Waals surface area contributed by atoms with E-state index in [4.69, 9.17) is 4.74 Å². The molecule has 0 aliphatic heterocycles. The van der Waals surface area contributed by atoms with Crippen molar-refractivity contribution in [1.82, 2.24) is 9.78 Å². The van der Waals surface area contributed by atoms with Gasteiger partial charge in [0.25, 0.3) is 0 Å². The predicted octanol–water partition coefficient (Wildman–Crippen LogP) is 0.886. The minimum absolute atomic E-state index is 0.0401. The zero-order valence-electron chi connectivity index (χ0n) is 10.2. The number of hydrogen-bond acceptors (Lipinski definition) is 5. The highest BCUT2D eigenvalue weighted by atomic mass is 16.6. The molecule has 1 aromatic heterocycles. The first-order valence-corrected chi connectivity index (χ1v) is 5.38. The van der Waals surface area contributed by atoms with E-state index in [9.17, 15) is 15.2 Å². The number of nitro groups is 1. The van der Waals surface area contributed by atoms with Crippen molar-refractivity contribution in [1.29, 1.82) is 0 Å². The summed E-state index contributed by atoms with van der Waals surface area (Å²) in [5.41, 5.74) is 0.479. The summed E-state index contributed by atoms with van der Waals surface area (Å²) in [5.74, 6) is -0.179. The number of hydrogen-bond donors (Lipinski definition) is 1. The quantitative estimate of drug-likeness (QED) is 0.591. The molecule has 0 saturated heterocycles. The van der Waals surface area contributed by atoms with Crippen molar-refractivity contribution in [3.05, 3.63) is 21.9 Å². The van der Waals surface area contributed by atoms with Gasteiger partial charge in [-0.15, -0.1) is 0 Å². The van der Waals surface area contributed by atoms with Gasteiger partial charge >= 0.3 is 5.82 Å². The van der Waals surface area contributed by atoms with E-state index >= 15 is 0 Å². The molecule has 1 aromatic rings. The second-order valence-corrected chi connectivity index (χ2v) is 4.15. The van der Waals surface area contributed by atoms with Gasteiger partial charge in [-0.1, -0.05) is 0 Å². The van der Waals surface area contributed by atoms with Crippen LogP contribution < -0.4 is 0 Å². The highest BCUT2D eigenvalue weighted by molar-refractivity contribution is 5.27. The van der Waals surface area contributed by atoms with Gasteiger partial charge in [-0.25, -0.2) is 0 Å². The number of ether oxygens (including phenoxy) is 1. The summed E-state index contributed by atoms with van der Waals surface area (Å²) in [6.07, 6.45) is 0.853. The molecule has 7 nitrogen and oxygen atoms in total. The Morgan fingerprint density at radius 2 is 2.29 bits per heavy atom. The lowest BCUT2D eigenvalue weighted by atomic mass is 10.3. The summed E-state index contributed by atoms with van der Waals surface area (Å²) < 4.78 is 6.60. The lowest BCUT2D eigenvalue weighted by Crippen LogP contribution is -2.24. The van der Waals surface area contributed by atoms with Crippen molar-refractivity contribution in [3.63, 3.8) is 0 Å². The fourth-order valence-electron chi connectivity index (χ4n) is 1.36. The highest BCUT2D eigenvalue weighted by Gasteiger charge is 2.18. The van der Waals surface area contributed by atoms with Crippen LogP contribution >= 0.6 is 0 Å². The number of rotatable bonds is 6. The number of aliphatic hydroxyl groups is 1. The maximum absolute atomic E-state index is 10.6. The number of nitrogens with zero attached hydrogens (tertiary/aromatic N) is 3. The molecular formula is C10H17N3O4. The molecule has 96 valence electrons. The Morgan fingerprint density at radius 3 is 2.76 bits per heavy atom. The summed E-state index contributed by atoms with van der Waals surface area (Å²) in [6, 6.07) is 0. The van der Waals surface area contributed by atoms with Crippen molar-refractivity contribution in [2.24, 2.45) is 0 Å². The molecule has 7 heteroatoms. The van der Waals surface area contributed by atoms with Gasteiger partial charge in [-0.05, 0) is 25.7 Å². The monoisotopic (exact) mass is 243 g/mol. The van der Waals surface area contributed by atoms with Crippen LogP contribution in [0.3, 0.4) is 0 Å². The van der Waals surface area contributed by atoms with Crippen molar-refractivity contribution >= 4 is 5.82 Å². The van der Waals surface area contributed by atoms with Gasteiger partial charge in [-0.3, -0.25) is 0 Å². The van der Waals surface area contributed by atoms with Crippen LogP contribution in [0, 0.1) is 17.0 Å². The molecule has 0 spiro atoms. The zero-order valence-corrected chi connectivity index (χ0v) is 10.2. The van der Waals surface area contributed by atoms with E-state index in [1.165, 1.54) is 10.9 Å². The van der Waals surface area contributed by atoms with E-state index in [2.05, 4.69) is 5.10 Å².